The quantitative estimate of drug-likeness (QED) is 0.802. The minimum absolute atomic E-state index is 0.162. The molecule has 1 aromatic carbocycles. The highest BCUT2D eigenvalue weighted by Gasteiger charge is 2.11. The summed E-state index contributed by atoms with van der Waals surface area (Å²) in [4.78, 5) is 11.9. The van der Waals surface area contributed by atoms with Crippen LogP contribution in [0, 0.1) is 6.92 Å². The molecule has 5 heteroatoms. The third-order valence-electron chi connectivity index (χ3n) is 2.84. The lowest BCUT2D eigenvalue weighted by Gasteiger charge is -2.11. The van der Waals surface area contributed by atoms with Crippen LogP contribution in [0.1, 0.15) is 27.6 Å². The van der Waals surface area contributed by atoms with Crippen molar-refractivity contribution in [1.82, 2.24) is 5.32 Å². The number of carbonyl (C=O) groups is 1. The van der Waals surface area contributed by atoms with E-state index in [0.29, 0.717) is 11.1 Å². The summed E-state index contributed by atoms with van der Waals surface area (Å²) in [5.74, 6) is -0.104. The summed E-state index contributed by atoms with van der Waals surface area (Å²) in [6.07, 6.45) is -0.701. The van der Waals surface area contributed by atoms with Crippen molar-refractivity contribution in [3.63, 3.8) is 0 Å². The zero-order valence-corrected chi connectivity index (χ0v) is 11.3. The van der Waals surface area contributed by atoms with Crippen LogP contribution in [0.25, 0.3) is 0 Å². The van der Waals surface area contributed by atoms with Gasteiger partial charge in [0.05, 0.1) is 6.10 Å². The number of aromatic hydroxyl groups is 1. The number of rotatable bonds is 4. The first-order valence-electron chi connectivity index (χ1n) is 5.86. The number of carbonyl (C=O) groups excluding carboxylic acids is 1. The fraction of sp³-hybridized carbons (Fsp3) is 0.214. The average molecular weight is 277 g/mol. The second-order valence-corrected chi connectivity index (χ2v) is 5.06. The number of phenolic OH excluding ortho intramolecular Hbond substituents is 1. The number of benzene rings is 1. The maximum atomic E-state index is 11.9. The van der Waals surface area contributed by atoms with Gasteiger partial charge in [0, 0.05) is 12.1 Å². The molecule has 1 amide bonds. The predicted molar refractivity (Wildman–Crippen MR) is 74.5 cm³/mol. The largest absolute Gasteiger partial charge is 0.508 e. The van der Waals surface area contributed by atoms with E-state index in [1.54, 1.807) is 19.1 Å². The molecule has 0 saturated heterocycles. The van der Waals surface area contributed by atoms with Gasteiger partial charge in [0.15, 0.2) is 0 Å². The molecule has 0 spiro atoms. The van der Waals surface area contributed by atoms with Crippen LogP contribution in [0.2, 0.25) is 0 Å². The molecule has 0 fully saturated rings. The van der Waals surface area contributed by atoms with Crippen LogP contribution < -0.4 is 5.32 Å². The van der Waals surface area contributed by atoms with Crippen molar-refractivity contribution in [2.75, 3.05) is 6.54 Å². The summed E-state index contributed by atoms with van der Waals surface area (Å²) >= 11 is 1.50. The van der Waals surface area contributed by atoms with E-state index < -0.39 is 6.10 Å². The van der Waals surface area contributed by atoms with Gasteiger partial charge >= 0.3 is 0 Å². The number of aliphatic hydroxyl groups excluding tert-OH is 1. The summed E-state index contributed by atoms with van der Waals surface area (Å²) in [5.41, 5.74) is 1.91. The third-order valence-corrected chi connectivity index (χ3v) is 3.54. The van der Waals surface area contributed by atoms with Crippen molar-refractivity contribution in [2.24, 2.45) is 0 Å². The zero-order chi connectivity index (χ0) is 13.8. The van der Waals surface area contributed by atoms with Gasteiger partial charge in [0.25, 0.3) is 5.91 Å². The normalized spacial score (nSPS) is 12.1. The van der Waals surface area contributed by atoms with Gasteiger partial charge in [0.2, 0.25) is 0 Å². The lowest BCUT2D eigenvalue weighted by Crippen LogP contribution is -2.28. The van der Waals surface area contributed by atoms with Crippen LogP contribution in [-0.2, 0) is 0 Å². The summed E-state index contributed by atoms with van der Waals surface area (Å²) in [6, 6.07) is 6.47. The van der Waals surface area contributed by atoms with Crippen molar-refractivity contribution in [3.05, 3.63) is 51.7 Å². The molecule has 4 nitrogen and oxygen atoms in total. The minimum atomic E-state index is -0.701. The van der Waals surface area contributed by atoms with Crippen LogP contribution in [-0.4, -0.2) is 22.7 Å². The fourth-order valence-electron chi connectivity index (χ4n) is 1.67. The first-order valence-corrected chi connectivity index (χ1v) is 6.80. The van der Waals surface area contributed by atoms with Gasteiger partial charge in [0.1, 0.15) is 5.75 Å². The lowest BCUT2D eigenvalue weighted by atomic mass is 10.1. The van der Waals surface area contributed by atoms with Crippen molar-refractivity contribution in [3.8, 4) is 5.75 Å². The smallest absolute Gasteiger partial charge is 0.251 e. The third kappa shape index (κ3) is 3.33. The molecular formula is C14H15NO3S. The van der Waals surface area contributed by atoms with Crippen LogP contribution >= 0.6 is 11.3 Å². The van der Waals surface area contributed by atoms with Crippen molar-refractivity contribution in [1.29, 1.82) is 0 Å². The lowest BCUT2D eigenvalue weighted by molar-refractivity contribution is 0.0916. The Labute approximate surface area is 115 Å². The highest BCUT2D eigenvalue weighted by molar-refractivity contribution is 7.07. The Morgan fingerprint density at radius 2 is 2.21 bits per heavy atom. The van der Waals surface area contributed by atoms with E-state index in [1.165, 1.54) is 17.4 Å². The molecule has 3 N–H and O–H groups in total. The number of aliphatic hydroxyl groups is 1. The van der Waals surface area contributed by atoms with E-state index in [9.17, 15) is 15.0 Å². The van der Waals surface area contributed by atoms with Gasteiger partial charge in [-0.15, -0.1) is 0 Å². The molecule has 0 aliphatic carbocycles. The average Bonchev–Trinajstić information content (AvgIpc) is 2.92. The molecule has 0 radical (unpaired) electrons. The summed E-state index contributed by atoms with van der Waals surface area (Å²) in [5, 5.41) is 25.6. The van der Waals surface area contributed by atoms with Gasteiger partial charge in [-0.1, -0.05) is 0 Å². The standard InChI is InChI=1S/C14H15NO3S/c1-9-6-10(2-3-12(9)16)14(18)15-7-13(17)11-4-5-19-8-11/h2-6,8,13,16-17H,7H2,1H3,(H,15,18). The number of hydrogen-bond acceptors (Lipinski definition) is 4. The Hall–Kier alpha value is -1.85. The molecule has 100 valence electrons. The van der Waals surface area contributed by atoms with Gasteiger partial charge in [-0.25, -0.2) is 0 Å². The number of thiophene rings is 1. The molecule has 19 heavy (non-hydrogen) atoms. The van der Waals surface area contributed by atoms with Gasteiger partial charge in [-0.05, 0) is 53.1 Å². The van der Waals surface area contributed by atoms with Crippen molar-refractivity contribution >= 4 is 17.2 Å². The van der Waals surface area contributed by atoms with Gasteiger partial charge < -0.3 is 15.5 Å². The molecule has 1 unspecified atom stereocenters. The second kappa shape index (κ2) is 5.86. The number of phenols is 1. The first-order chi connectivity index (χ1) is 9.08. The van der Waals surface area contributed by atoms with E-state index >= 15 is 0 Å². The Bertz CT molecular complexity index is 566. The molecule has 2 rings (SSSR count). The molecule has 0 aliphatic heterocycles. The summed E-state index contributed by atoms with van der Waals surface area (Å²) < 4.78 is 0. The van der Waals surface area contributed by atoms with Gasteiger partial charge in [-0.3, -0.25) is 4.79 Å². The molecule has 2 aromatic rings. The second-order valence-electron chi connectivity index (χ2n) is 4.28. The number of hydrogen-bond donors (Lipinski definition) is 3. The molecular weight excluding hydrogens is 262 g/mol. The first kappa shape index (κ1) is 13.6. The van der Waals surface area contributed by atoms with Crippen LogP contribution in [0.5, 0.6) is 5.75 Å². The Morgan fingerprint density at radius 1 is 1.42 bits per heavy atom. The van der Waals surface area contributed by atoms with Crippen LogP contribution in [0.4, 0.5) is 0 Å². The fourth-order valence-corrected chi connectivity index (χ4v) is 2.38. The summed E-state index contributed by atoms with van der Waals surface area (Å²) in [7, 11) is 0. The van der Waals surface area contributed by atoms with Crippen molar-refractivity contribution in [2.45, 2.75) is 13.0 Å². The molecule has 1 heterocycles. The minimum Gasteiger partial charge on any atom is -0.508 e. The molecule has 1 atom stereocenters. The van der Waals surface area contributed by atoms with E-state index in [0.717, 1.165) is 5.56 Å². The Morgan fingerprint density at radius 3 is 2.84 bits per heavy atom. The SMILES string of the molecule is Cc1cc(C(=O)NCC(O)c2ccsc2)ccc1O. The Kier molecular flexibility index (Phi) is 4.19. The van der Waals surface area contributed by atoms with Crippen molar-refractivity contribution < 1.29 is 15.0 Å². The number of aryl methyl sites for hydroxylation is 1. The molecule has 0 bridgehead atoms. The zero-order valence-electron chi connectivity index (χ0n) is 10.5. The van der Waals surface area contributed by atoms with E-state index in [2.05, 4.69) is 5.32 Å². The molecule has 1 aromatic heterocycles. The van der Waals surface area contributed by atoms with Crippen LogP contribution in [0.3, 0.4) is 0 Å². The maximum absolute atomic E-state index is 11.9. The highest BCUT2D eigenvalue weighted by Crippen LogP contribution is 2.18. The van der Waals surface area contributed by atoms with E-state index in [4.69, 9.17) is 0 Å². The van der Waals surface area contributed by atoms with Crippen LogP contribution in [0.15, 0.2) is 35.0 Å². The summed E-state index contributed by atoms with van der Waals surface area (Å²) in [6.45, 7) is 1.89. The molecule has 0 aliphatic rings. The van der Waals surface area contributed by atoms with Gasteiger partial charge in [-0.2, -0.15) is 11.3 Å². The Balaban J connectivity index is 1.96. The predicted octanol–water partition coefficient (Wildman–Crippen LogP) is 2.23. The monoisotopic (exact) mass is 277 g/mol. The van der Waals surface area contributed by atoms with E-state index in [-0.39, 0.29) is 18.2 Å². The van der Waals surface area contributed by atoms with E-state index in [1.807, 2.05) is 16.8 Å². The topological polar surface area (TPSA) is 69.6 Å². The number of nitrogens with one attached hydrogen (secondary N) is 1. The highest BCUT2D eigenvalue weighted by atomic mass is 32.1. The molecule has 0 saturated carbocycles. The maximum Gasteiger partial charge on any atom is 0.251 e. The number of amides is 1.